The fraction of sp³-hybridized carbons (Fsp3) is 0.185. The molecule has 35 heavy (non-hydrogen) atoms. The smallest absolute Gasteiger partial charge is 0.329 e. The van der Waals surface area contributed by atoms with E-state index < -0.39 is 11.8 Å². The number of rotatable bonds is 8. The van der Waals surface area contributed by atoms with Crippen LogP contribution in [-0.4, -0.2) is 30.5 Å². The molecule has 0 aliphatic heterocycles. The second-order valence-electron chi connectivity index (χ2n) is 7.84. The Hall–Kier alpha value is -4.46. The first-order valence-corrected chi connectivity index (χ1v) is 11.2. The van der Waals surface area contributed by atoms with Crippen LogP contribution >= 0.6 is 0 Å². The fourth-order valence-electron chi connectivity index (χ4n) is 3.37. The first-order chi connectivity index (χ1) is 16.9. The van der Waals surface area contributed by atoms with Crippen LogP contribution in [0.2, 0.25) is 0 Å². The Morgan fingerprint density at radius 3 is 2.34 bits per heavy atom. The van der Waals surface area contributed by atoms with Gasteiger partial charge in [-0.3, -0.25) is 14.4 Å². The molecular weight excluding hydrogens is 444 g/mol. The van der Waals surface area contributed by atoms with Gasteiger partial charge in [-0.1, -0.05) is 55.5 Å². The number of carbonyl (C=O) groups is 3. The van der Waals surface area contributed by atoms with Gasteiger partial charge < -0.3 is 15.4 Å². The number of amides is 3. The number of carbonyl (C=O) groups excluding carboxylic acids is 3. The summed E-state index contributed by atoms with van der Waals surface area (Å²) in [6.07, 6.45) is 2.11. The van der Waals surface area contributed by atoms with Gasteiger partial charge in [0.1, 0.15) is 5.75 Å². The molecule has 0 radical (unpaired) electrons. The van der Waals surface area contributed by atoms with Crippen molar-refractivity contribution < 1.29 is 19.1 Å². The molecule has 0 aromatic heterocycles. The molecule has 0 unspecified atom stereocenters. The van der Waals surface area contributed by atoms with Crippen molar-refractivity contribution >= 4 is 35.3 Å². The van der Waals surface area contributed by atoms with Crippen molar-refractivity contribution in [3.05, 3.63) is 89.0 Å². The molecule has 3 aromatic carbocycles. The highest BCUT2D eigenvalue weighted by molar-refractivity contribution is 6.39. The van der Waals surface area contributed by atoms with Crippen LogP contribution in [0.1, 0.15) is 29.2 Å². The van der Waals surface area contributed by atoms with Crippen LogP contribution in [0.4, 0.5) is 11.4 Å². The summed E-state index contributed by atoms with van der Waals surface area (Å²) < 4.78 is 5.59. The van der Waals surface area contributed by atoms with Crippen LogP contribution in [0.5, 0.6) is 5.75 Å². The number of ether oxygens (including phenoxy) is 1. The van der Waals surface area contributed by atoms with Gasteiger partial charge in [-0.2, -0.15) is 5.10 Å². The van der Waals surface area contributed by atoms with Crippen molar-refractivity contribution in [3.63, 3.8) is 0 Å². The molecule has 0 aliphatic rings. The van der Waals surface area contributed by atoms with Crippen LogP contribution in [-0.2, 0) is 20.8 Å². The average molecular weight is 473 g/mol. The maximum absolute atomic E-state index is 12.3. The zero-order chi connectivity index (χ0) is 25.2. The van der Waals surface area contributed by atoms with Crippen LogP contribution in [0.3, 0.4) is 0 Å². The maximum atomic E-state index is 12.3. The largest absolute Gasteiger partial charge is 0.484 e. The van der Waals surface area contributed by atoms with Crippen LogP contribution < -0.4 is 20.8 Å². The van der Waals surface area contributed by atoms with Gasteiger partial charge in [-0.25, -0.2) is 5.43 Å². The third kappa shape index (κ3) is 7.26. The van der Waals surface area contributed by atoms with E-state index in [4.69, 9.17) is 4.74 Å². The normalized spacial score (nSPS) is 10.6. The number of anilines is 2. The van der Waals surface area contributed by atoms with Crippen LogP contribution in [0, 0.1) is 13.8 Å². The van der Waals surface area contributed by atoms with Gasteiger partial charge in [0, 0.05) is 11.4 Å². The molecule has 0 fully saturated rings. The Morgan fingerprint density at radius 2 is 1.60 bits per heavy atom. The summed E-state index contributed by atoms with van der Waals surface area (Å²) in [6.45, 7) is 5.66. The SMILES string of the molecule is CCc1ccccc1NC(=O)C(=O)N/N=C\c1cccc(OCC(=O)Nc2c(C)cccc2C)c1. The van der Waals surface area contributed by atoms with Gasteiger partial charge in [-0.15, -0.1) is 0 Å². The molecule has 0 saturated heterocycles. The summed E-state index contributed by atoms with van der Waals surface area (Å²) in [6, 6.07) is 19.9. The van der Waals surface area contributed by atoms with Gasteiger partial charge in [0.15, 0.2) is 6.61 Å². The molecule has 0 bridgehead atoms. The number of para-hydroxylation sites is 2. The van der Waals surface area contributed by atoms with E-state index >= 15 is 0 Å². The third-order valence-electron chi connectivity index (χ3n) is 5.21. The summed E-state index contributed by atoms with van der Waals surface area (Å²) >= 11 is 0. The van der Waals surface area contributed by atoms with E-state index in [-0.39, 0.29) is 12.5 Å². The number of nitrogens with one attached hydrogen (secondary N) is 3. The minimum absolute atomic E-state index is 0.162. The summed E-state index contributed by atoms with van der Waals surface area (Å²) in [5.41, 5.74) is 7.07. The van der Waals surface area contributed by atoms with Crippen molar-refractivity contribution in [3.8, 4) is 5.75 Å². The van der Waals surface area contributed by atoms with E-state index in [1.807, 2.05) is 51.1 Å². The van der Waals surface area contributed by atoms with Gasteiger partial charge in [-0.05, 0) is 60.7 Å². The molecule has 8 nitrogen and oxygen atoms in total. The Kier molecular flexibility index (Phi) is 8.72. The van der Waals surface area contributed by atoms with Crippen molar-refractivity contribution in [1.29, 1.82) is 0 Å². The van der Waals surface area contributed by atoms with Gasteiger partial charge in [0.05, 0.1) is 6.21 Å². The Morgan fingerprint density at radius 1 is 0.886 bits per heavy atom. The molecule has 180 valence electrons. The number of aryl methyl sites for hydroxylation is 3. The molecule has 0 spiro atoms. The van der Waals surface area contributed by atoms with E-state index in [9.17, 15) is 14.4 Å². The van der Waals surface area contributed by atoms with Crippen molar-refractivity contribution in [2.45, 2.75) is 27.2 Å². The lowest BCUT2D eigenvalue weighted by Crippen LogP contribution is -2.32. The predicted octanol–water partition coefficient (Wildman–Crippen LogP) is 3.97. The standard InChI is InChI=1S/C27H28N4O4/c1-4-21-12-5-6-14-23(21)29-26(33)27(34)31-28-16-20-11-8-13-22(15-20)35-17-24(32)30-25-18(2)9-7-10-19(25)3/h5-16H,4,17H2,1-3H3,(H,29,33)(H,30,32)(H,31,34)/b28-16-. The highest BCUT2D eigenvalue weighted by atomic mass is 16.5. The number of hydrogen-bond acceptors (Lipinski definition) is 5. The molecular formula is C27H28N4O4. The summed E-state index contributed by atoms with van der Waals surface area (Å²) in [7, 11) is 0. The minimum atomic E-state index is -0.886. The van der Waals surface area contributed by atoms with E-state index in [0.717, 1.165) is 28.8 Å². The fourth-order valence-corrected chi connectivity index (χ4v) is 3.37. The molecule has 3 amide bonds. The molecule has 3 aromatic rings. The Bertz CT molecular complexity index is 1230. The lowest BCUT2D eigenvalue weighted by Gasteiger charge is -2.12. The zero-order valence-corrected chi connectivity index (χ0v) is 19.9. The highest BCUT2D eigenvalue weighted by Gasteiger charge is 2.14. The molecule has 0 atom stereocenters. The van der Waals surface area contributed by atoms with Crippen molar-refractivity contribution in [2.24, 2.45) is 5.10 Å². The lowest BCUT2D eigenvalue weighted by atomic mass is 10.1. The Balaban J connectivity index is 1.51. The monoisotopic (exact) mass is 472 g/mol. The maximum Gasteiger partial charge on any atom is 0.329 e. The molecule has 0 aliphatic carbocycles. The number of hydrogen-bond donors (Lipinski definition) is 3. The van der Waals surface area contributed by atoms with Gasteiger partial charge >= 0.3 is 11.8 Å². The lowest BCUT2D eigenvalue weighted by molar-refractivity contribution is -0.136. The number of benzene rings is 3. The first kappa shape index (κ1) is 25.2. The van der Waals surface area contributed by atoms with Gasteiger partial charge in [0.25, 0.3) is 5.91 Å². The molecule has 3 N–H and O–H groups in total. The zero-order valence-electron chi connectivity index (χ0n) is 19.9. The predicted molar refractivity (Wildman–Crippen MR) is 137 cm³/mol. The molecule has 3 rings (SSSR count). The Labute approximate surface area is 204 Å². The van der Waals surface area contributed by atoms with E-state index in [1.165, 1.54) is 6.21 Å². The van der Waals surface area contributed by atoms with E-state index in [1.54, 1.807) is 36.4 Å². The van der Waals surface area contributed by atoms with Gasteiger partial charge in [0.2, 0.25) is 0 Å². The highest BCUT2D eigenvalue weighted by Crippen LogP contribution is 2.19. The van der Waals surface area contributed by atoms with Crippen molar-refractivity contribution in [2.75, 3.05) is 17.2 Å². The second kappa shape index (κ2) is 12.1. The van der Waals surface area contributed by atoms with Crippen LogP contribution in [0.15, 0.2) is 71.8 Å². The van der Waals surface area contributed by atoms with Crippen molar-refractivity contribution in [1.82, 2.24) is 5.43 Å². The van der Waals surface area contributed by atoms with E-state index in [2.05, 4.69) is 21.2 Å². The molecule has 0 saturated carbocycles. The quantitative estimate of drug-likeness (QED) is 0.262. The number of hydrazone groups is 1. The third-order valence-corrected chi connectivity index (χ3v) is 5.21. The average Bonchev–Trinajstić information content (AvgIpc) is 2.85. The molecule has 0 heterocycles. The minimum Gasteiger partial charge on any atom is -0.484 e. The first-order valence-electron chi connectivity index (χ1n) is 11.2. The number of nitrogens with zero attached hydrogens (tertiary/aromatic N) is 1. The van der Waals surface area contributed by atoms with E-state index in [0.29, 0.717) is 17.0 Å². The topological polar surface area (TPSA) is 109 Å². The summed E-state index contributed by atoms with van der Waals surface area (Å²) in [5, 5.41) is 9.30. The van der Waals surface area contributed by atoms with Crippen LogP contribution in [0.25, 0.3) is 0 Å². The summed E-state index contributed by atoms with van der Waals surface area (Å²) in [5.74, 6) is -1.51. The molecule has 8 heteroatoms. The second-order valence-corrected chi connectivity index (χ2v) is 7.84. The summed E-state index contributed by atoms with van der Waals surface area (Å²) in [4.78, 5) is 36.5.